The minimum absolute atomic E-state index is 0.227. The number of hydrogen-bond donors (Lipinski definition) is 1. The van der Waals surface area contributed by atoms with Crippen molar-refractivity contribution in [2.24, 2.45) is 5.41 Å². The SMILES string of the molecule is CCO[C@@H]1C[C@@H](Nc2ncnc3c2CCC3)C12CCOCC2. The topological polar surface area (TPSA) is 56.3 Å². The van der Waals surface area contributed by atoms with E-state index in [1.165, 1.54) is 17.7 Å². The summed E-state index contributed by atoms with van der Waals surface area (Å²) in [7, 11) is 0. The van der Waals surface area contributed by atoms with Gasteiger partial charge in [0.1, 0.15) is 12.1 Å². The number of aryl methyl sites for hydroxylation is 1. The predicted molar refractivity (Wildman–Crippen MR) is 84.0 cm³/mol. The first-order valence-electron chi connectivity index (χ1n) is 8.62. The highest BCUT2D eigenvalue weighted by Gasteiger charge is 2.56. The van der Waals surface area contributed by atoms with Crippen LogP contribution in [-0.2, 0) is 22.3 Å². The second-order valence-electron chi connectivity index (χ2n) is 6.72. The molecule has 0 aromatic carbocycles. The number of nitrogens with one attached hydrogen (secondary N) is 1. The summed E-state index contributed by atoms with van der Waals surface area (Å²) in [5, 5.41) is 3.74. The lowest BCUT2D eigenvalue weighted by Gasteiger charge is -2.57. The molecule has 1 N–H and O–H groups in total. The molecule has 1 aliphatic heterocycles. The summed E-state index contributed by atoms with van der Waals surface area (Å²) in [6.07, 6.45) is 8.73. The van der Waals surface area contributed by atoms with Crippen LogP contribution in [0.4, 0.5) is 5.82 Å². The van der Waals surface area contributed by atoms with Crippen molar-refractivity contribution < 1.29 is 9.47 Å². The van der Waals surface area contributed by atoms with Crippen LogP contribution in [0.5, 0.6) is 0 Å². The summed E-state index contributed by atoms with van der Waals surface area (Å²) in [6, 6.07) is 0.451. The first kappa shape index (κ1) is 14.4. The molecule has 1 aromatic rings. The van der Waals surface area contributed by atoms with Gasteiger partial charge in [-0.25, -0.2) is 9.97 Å². The minimum Gasteiger partial charge on any atom is -0.381 e. The highest BCUT2D eigenvalue weighted by atomic mass is 16.5. The van der Waals surface area contributed by atoms with Crippen LogP contribution in [0.15, 0.2) is 6.33 Å². The average molecular weight is 303 g/mol. The number of hydrogen-bond acceptors (Lipinski definition) is 5. The standard InChI is InChI=1S/C17H25N3O2/c1-2-22-15-10-14(17(15)6-8-21-9-7-17)20-16-12-4-3-5-13(12)18-11-19-16/h11,14-15H,2-10H2,1H3,(H,18,19,20)/t14-,15-/m1/s1. The summed E-state index contributed by atoms with van der Waals surface area (Å²) in [4.78, 5) is 8.95. The van der Waals surface area contributed by atoms with Gasteiger partial charge in [-0.1, -0.05) is 0 Å². The molecule has 1 aromatic heterocycles. The van der Waals surface area contributed by atoms with E-state index < -0.39 is 0 Å². The molecule has 1 saturated carbocycles. The Morgan fingerprint density at radius 1 is 1.32 bits per heavy atom. The molecule has 0 amide bonds. The third-order valence-corrected chi connectivity index (χ3v) is 5.76. The van der Waals surface area contributed by atoms with Gasteiger partial charge in [0, 0.05) is 42.5 Å². The van der Waals surface area contributed by atoms with Gasteiger partial charge in [0.15, 0.2) is 0 Å². The van der Waals surface area contributed by atoms with Crippen LogP contribution >= 0.6 is 0 Å². The lowest BCUT2D eigenvalue weighted by molar-refractivity contribution is -0.159. The number of ether oxygens (including phenoxy) is 2. The van der Waals surface area contributed by atoms with Crippen LogP contribution < -0.4 is 5.32 Å². The molecular weight excluding hydrogens is 278 g/mol. The van der Waals surface area contributed by atoms with Gasteiger partial charge in [-0.15, -0.1) is 0 Å². The monoisotopic (exact) mass is 303 g/mol. The summed E-state index contributed by atoms with van der Waals surface area (Å²) in [5.41, 5.74) is 2.80. The molecule has 1 spiro atoms. The fourth-order valence-electron chi connectivity index (χ4n) is 4.46. The van der Waals surface area contributed by atoms with E-state index in [2.05, 4.69) is 22.2 Å². The zero-order chi connectivity index (χ0) is 15.0. The number of fused-ring (bicyclic) bond motifs is 1. The maximum absolute atomic E-state index is 6.00. The van der Waals surface area contributed by atoms with E-state index >= 15 is 0 Å². The summed E-state index contributed by atoms with van der Waals surface area (Å²) in [5.74, 6) is 1.06. The first-order chi connectivity index (χ1) is 10.8. The van der Waals surface area contributed by atoms with Crippen molar-refractivity contribution in [1.29, 1.82) is 0 Å². The van der Waals surface area contributed by atoms with E-state index in [4.69, 9.17) is 9.47 Å². The van der Waals surface area contributed by atoms with E-state index in [9.17, 15) is 0 Å². The van der Waals surface area contributed by atoms with E-state index in [-0.39, 0.29) is 5.41 Å². The fraction of sp³-hybridized carbons (Fsp3) is 0.765. The van der Waals surface area contributed by atoms with Crippen molar-refractivity contribution in [3.05, 3.63) is 17.6 Å². The quantitative estimate of drug-likeness (QED) is 0.925. The highest BCUT2D eigenvalue weighted by Crippen LogP contribution is 2.52. The Bertz CT molecular complexity index is 543. The molecule has 5 heteroatoms. The Morgan fingerprint density at radius 2 is 2.18 bits per heavy atom. The number of rotatable bonds is 4. The molecule has 120 valence electrons. The van der Waals surface area contributed by atoms with E-state index in [1.54, 1.807) is 6.33 Å². The molecule has 0 radical (unpaired) electrons. The smallest absolute Gasteiger partial charge is 0.133 e. The third kappa shape index (κ3) is 2.22. The molecule has 0 bridgehead atoms. The van der Waals surface area contributed by atoms with E-state index in [1.807, 2.05) is 0 Å². The molecule has 2 aliphatic carbocycles. The summed E-state index contributed by atoms with van der Waals surface area (Å²) >= 11 is 0. The molecule has 3 aliphatic rings. The van der Waals surface area contributed by atoms with Crippen molar-refractivity contribution >= 4 is 5.82 Å². The molecule has 5 nitrogen and oxygen atoms in total. The van der Waals surface area contributed by atoms with Gasteiger partial charge in [0.2, 0.25) is 0 Å². The van der Waals surface area contributed by atoms with Crippen molar-refractivity contribution in [2.75, 3.05) is 25.1 Å². The second-order valence-corrected chi connectivity index (χ2v) is 6.72. The van der Waals surface area contributed by atoms with Crippen molar-refractivity contribution in [3.63, 3.8) is 0 Å². The van der Waals surface area contributed by atoms with Gasteiger partial charge >= 0.3 is 0 Å². The van der Waals surface area contributed by atoms with Gasteiger partial charge in [-0.3, -0.25) is 0 Å². The van der Waals surface area contributed by atoms with Gasteiger partial charge in [0.25, 0.3) is 0 Å². The van der Waals surface area contributed by atoms with Gasteiger partial charge < -0.3 is 14.8 Å². The fourth-order valence-corrected chi connectivity index (χ4v) is 4.46. The van der Waals surface area contributed by atoms with Crippen molar-refractivity contribution in [2.45, 2.75) is 57.6 Å². The Hall–Kier alpha value is -1.20. The van der Waals surface area contributed by atoms with Crippen LogP contribution in [0.1, 0.15) is 43.9 Å². The van der Waals surface area contributed by atoms with Crippen LogP contribution in [0.25, 0.3) is 0 Å². The highest BCUT2D eigenvalue weighted by molar-refractivity contribution is 5.49. The Kier molecular flexibility index (Phi) is 3.78. The second kappa shape index (κ2) is 5.78. The lowest BCUT2D eigenvalue weighted by atomic mass is 9.57. The third-order valence-electron chi connectivity index (χ3n) is 5.76. The molecule has 2 atom stereocenters. The van der Waals surface area contributed by atoms with E-state index in [0.29, 0.717) is 12.1 Å². The average Bonchev–Trinajstić information content (AvgIpc) is 3.04. The zero-order valence-corrected chi connectivity index (χ0v) is 13.3. The van der Waals surface area contributed by atoms with Crippen LogP contribution in [0.2, 0.25) is 0 Å². The van der Waals surface area contributed by atoms with Crippen LogP contribution in [0.3, 0.4) is 0 Å². The maximum Gasteiger partial charge on any atom is 0.133 e. The predicted octanol–water partition coefficient (Wildman–Crippen LogP) is 2.35. The Labute approximate surface area is 131 Å². The zero-order valence-electron chi connectivity index (χ0n) is 13.3. The number of nitrogens with zero attached hydrogens (tertiary/aromatic N) is 2. The lowest BCUT2D eigenvalue weighted by Crippen LogP contribution is -2.63. The molecule has 2 heterocycles. The molecule has 22 heavy (non-hydrogen) atoms. The molecule has 2 fully saturated rings. The van der Waals surface area contributed by atoms with Crippen LogP contribution in [-0.4, -0.2) is 41.9 Å². The number of aromatic nitrogens is 2. The molecule has 1 saturated heterocycles. The minimum atomic E-state index is 0.227. The van der Waals surface area contributed by atoms with Gasteiger partial charge in [-0.2, -0.15) is 0 Å². The molecular formula is C17H25N3O2. The van der Waals surface area contributed by atoms with Crippen molar-refractivity contribution in [1.82, 2.24) is 9.97 Å². The van der Waals surface area contributed by atoms with Crippen molar-refractivity contribution in [3.8, 4) is 0 Å². The Balaban J connectivity index is 1.54. The molecule has 0 unspecified atom stereocenters. The first-order valence-corrected chi connectivity index (χ1v) is 8.62. The van der Waals surface area contributed by atoms with Crippen LogP contribution in [0, 0.1) is 5.41 Å². The molecule has 4 rings (SSSR count). The Morgan fingerprint density at radius 3 is 3.00 bits per heavy atom. The summed E-state index contributed by atoms with van der Waals surface area (Å²) < 4.78 is 11.6. The normalized spacial score (nSPS) is 29.1. The van der Waals surface area contributed by atoms with E-state index in [0.717, 1.165) is 57.7 Å². The summed E-state index contributed by atoms with van der Waals surface area (Å²) in [6.45, 7) is 4.58. The number of anilines is 1. The van der Waals surface area contributed by atoms with Gasteiger partial charge in [-0.05, 0) is 45.4 Å². The maximum atomic E-state index is 6.00. The van der Waals surface area contributed by atoms with Gasteiger partial charge in [0.05, 0.1) is 6.10 Å². The largest absolute Gasteiger partial charge is 0.381 e.